The molecule has 0 fully saturated rings. The van der Waals surface area contributed by atoms with Gasteiger partial charge in [0.25, 0.3) is 5.56 Å². The zero-order valence-electron chi connectivity index (χ0n) is 14.8. The number of methoxy groups -OCH3 is 1. The van der Waals surface area contributed by atoms with E-state index in [1.165, 1.54) is 0 Å². The Morgan fingerprint density at radius 2 is 2.12 bits per heavy atom. The molecular weight excluding hydrogens is 326 g/mol. The van der Waals surface area contributed by atoms with Crippen LogP contribution in [0.3, 0.4) is 0 Å². The molecule has 0 radical (unpaired) electrons. The van der Waals surface area contributed by atoms with Crippen molar-refractivity contribution >= 4 is 10.9 Å². The minimum absolute atomic E-state index is 0.0490. The lowest BCUT2D eigenvalue weighted by molar-refractivity contribution is 0.381. The van der Waals surface area contributed by atoms with Crippen LogP contribution in [0.25, 0.3) is 10.9 Å². The number of ether oxygens (including phenoxy) is 1. The second-order valence-electron chi connectivity index (χ2n) is 6.65. The Morgan fingerprint density at radius 3 is 2.88 bits per heavy atom. The number of hydrogen-bond acceptors (Lipinski definition) is 4. The number of benzene rings is 1. The van der Waals surface area contributed by atoms with E-state index < -0.39 is 0 Å². The molecular formula is C21H19N3O2. The van der Waals surface area contributed by atoms with E-state index in [1.807, 2.05) is 34.9 Å². The molecule has 3 aromatic rings. The van der Waals surface area contributed by atoms with Crippen molar-refractivity contribution in [1.29, 1.82) is 0 Å². The van der Waals surface area contributed by atoms with E-state index in [-0.39, 0.29) is 5.56 Å². The van der Waals surface area contributed by atoms with Gasteiger partial charge in [0.05, 0.1) is 24.2 Å². The van der Waals surface area contributed by atoms with Crippen LogP contribution in [0.5, 0.6) is 5.75 Å². The van der Waals surface area contributed by atoms with Crippen molar-refractivity contribution in [3.05, 3.63) is 64.0 Å². The lowest BCUT2D eigenvalue weighted by atomic mass is 10.0. The van der Waals surface area contributed by atoms with Crippen molar-refractivity contribution in [3.8, 4) is 17.6 Å². The van der Waals surface area contributed by atoms with Gasteiger partial charge in [-0.3, -0.25) is 9.36 Å². The fraction of sp³-hybridized carbons (Fsp3) is 0.286. The lowest BCUT2D eigenvalue weighted by Crippen LogP contribution is -2.31. The zero-order valence-corrected chi connectivity index (χ0v) is 14.8. The third-order valence-corrected chi connectivity index (χ3v) is 4.70. The number of aromatic nitrogens is 3. The largest absolute Gasteiger partial charge is 0.495 e. The summed E-state index contributed by atoms with van der Waals surface area (Å²) in [7, 11) is 1.60. The number of aryl methyl sites for hydroxylation is 1. The molecule has 0 saturated carbocycles. The maximum absolute atomic E-state index is 12.7. The molecule has 1 aliphatic rings. The second kappa shape index (κ2) is 6.64. The molecule has 0 aliphatic carbocycles. The molecule has 0 bridgehead atoms. The van der Waals surface area contributed by atoms with Crippen LogP contribution in [-0.4, -0.2) is 21.6 Å². The summed E-state index contributed by atoms with van der Waals surface area (Å²) in [5.74, 6) is 8.22. The highest BCUT2D eigenvalue weighted by molar-refractivity contribution is 5.79. The molecule has 0 amide bonds. The SMILES string of the molecule is COc1ccc(C#Cc2ccc3c(=O)n4c(nc3c2)CCC(C)C4)nc1. The van der Waals surface area contributed by atoms with E-state index in [0.717, 1.165) is 30.8 Å². The molecule has 0 N–H and O–H groups in total. The fourth-order valence-corrected chi connectivity index (χ4v) is 3.21. The van der Waals surface area contributed by atoms with Gasteiger partial charge in [-0.2, -0.15) is 0 Å². The smallest absolute Gasteiger partial charge is 0.261 e. The summed E-state index contributed by atoms with van der Waals surface area (Å²) >= 11 is 0. The van der Waals surface area contributed by atoms with Crippen LogP contribution in [0.15, 0.2) is 41.3 Å². The summed E-state index contributed by atoms with van der Waals surface area (Å²) in [4.78, 5) is 21.7. The highest BCUT2D eigenvalue weighted by Gasteiger charge is 2.18. The van der Waals surface area contributed by atoms with Crippen LogP contribution < -0.4 is 10.3 Å². The van der Waals surface area contributed by atoms with Crippen LogP contribution in [0.1, 0.15) is 30.4 Å². The second-order valence-corrected chi connectivity index (χ2v) is 6.65. The number of fused-ring (bicyclic) bond motifs is 2. The van der Waals surface area contributed by atoms with Crippen molar-refractivity contribution in [2.45, 2.75) is 26.3 Å². The average Bonchev–Trinajstić information content (AvgIpc) is 2.67. The van der Waals surface area contributed by atoms with Gasteiger partial charge in [-0.05, 0) is 48.6 Å². The van der Waals surface area contributed by atoms with Gasteiger partial charge in [0.15, 0.2) is 0 Å². The van der Waals surface area contributed by atoms with Gasteiger partial charge in [-0.1, -0.05) is 12.8 Å². The summed E-state index contributed by atoms with van der Waals surface area (Å²) < 4.78 is 6.92. The first kappa shape index (κ1) is 16.3. The molecule has 5 heteroatoms. The number of pyridine rings is 1. The average molecular weight is 345 g/mol. The Hall–Kier alpha value is -3.13. The van der Waals surface area contributed by atoms with Gasteiger partial charge in [0.2, 0.25) is 0 Å². The van der Waals surface area contributed by atoms with Crippen molar-refractivity contribution < 1.29 is 4.74 Å². The number of hydrogen-bond donors (Lipinski definition) is 0. The Labute approximate surface area is 151 Å². The summed E-state index contributed by atoms with van der Waals surface area (Å²) in [6.45, 7) is 2.92. The van der Waals surface area contributed by atoms with E-state index in [0.29, 0.717) is 28.3 Å². The molecule has 26 heavy (non-hydrogen) atoms. The quantitative estimate of drug-likeness (QED) is 0.637. The van der Waals surface area contributed by atoms with Crippen LogP contribution in [0, 0.1) is 17.8 Å². The Bertz CT molecular complexity index is 1090. The molecule has 1 atom stereocenters. The number of rotatable bonds is 1. The fourth-order valence-electron chi connectivity index (χ4n) is 3.21. The van der Waals surface area contributed by atoms with Crippen LogP contribution in [0.4, 0.5) is 0 Å². The third kappa shape index (κ3) is 3.06. The van der Waals surface area contributed by atoms with Crippen molar-refractivity contribution in [2.24, 2.45) is 5.92 Å². The molecule has 2 aromatic heterocycles. The topological polar surface area (TPSA) is 57.0 Å². The molecule has 3 heterocycles. The molecule has 0 saturated heterocycles. The van der Waals surface area contributed by atoms with E-state index in [9.17, 15) is 4.79 Å². The van der Waals surface area contributed by atoms with Crippen molar-refractivity contribution in [2.75, 3.05) is 7.11 Å². The van der Waals surface area contributed by atoms with E-state index in [2.05, 4.69) is 23.7 Å². The van der Waals surface area contributed by atoms with Crippen LogP contribution in [0.2, 0.25) is 0 Å². The third-order valence-electron chi connectivity index (χ3n) is 4.70. The van der Waals surface area contributed by atoms with E-state index >= 15 is 0 Å². The minimum Gasteiger partial charge on any atom is -0.495 e. The van der Waals surface area contributed by atoms with Crippen LogP contribution >= 0.6 is 0 Å². The van der Waals surface area contributed by atoms with Gasteiger partial charge in [-0.25, -0.2) is 9.97 Å². The maximum atomic E-state index is 12.7. The van der Waals surface area contributed by atoms with Gasteiger partial charge in [0, 0.05) is 18.5 Å². The van der Waals surface area contributed by atoms with Crippen molar-refractivity contribution in [3.63, 3.8) is 0 Å². The molecule has 1 aromatic carbocycles. The normalized spacial score (nSPS) is 15.8. The first-order chi connectivity index (χ1) is 12.6. The Balaban J connectivity index is 1.71. The summed E-state index contributed by atoms with van der Waals surface area (Å²) in [6.07, 6.45) is 3.55. The van der Waals surface area contributed by atoms with Gasteiger partial charge >= 0.3 is 0 Å². The summed E-state index contributed by atoms with van der Waals surface area (Å²) in [5.41, 5.74) is 2.24. The molecule has 130 valence electrons. The predicted octanol–water partition coefficient (Wildman–Crippen LogP) is 2.78. The summed E-state index contributed by atoms with van der Waals surface area (Å²) in [6, 6.07) is 9.21. The highest BCUT2D eigenvalue weighted by atomic mass is 16.5. The van der Waals surface area contributed by atoms with Crippen LogP contribution in [-0.2, 0) is 13.0 Å². The van der Waals surface area contributed by atoms with E-state index in [4.69, 9.17) is 9.72 Å². The van der Waals surface area contributed by atoms with E-state index in [1.54, 1.807) is 13.3 Å². The van der Waals surface area contributed by atoms with Gasteiger partial charge in [-0.15, -0.1) is 0 Å². The number of nitrogens with zero attached hydrogens (tertiary/aromatic N) is 3. The Morgan fingerprint density at radius 1 is 1.23 bits per heavy atom. The molecule has 5 nitrogen and oxygen atoms in total. The molecule has 0 spiro atoms. The van der Waals surface area contributed by atoms with Gasteiger partial charge < -0.3 is 4.74 Å². The first-order valence-electron chi connectivity index (χ1n) is 8.69. The lowest BCUT2D eigenvalue weighted by Gasteiger charge is -2.22. The maximum Gasteiger partial charge on any atom is 0.261 e. The van der Waals surface area contributed by atoms with Crippen molar-refractivity contribution in [1.82, 2.24) is 14.5 Å². The van der Waals surface area contributed by atoms with Gasteiger partial charge in [0.1, 0.15) is 17.3 Å². The predicted molar refractivity (Wildman–Crippen MR) is 100 cm³/mol. The summed E-state index contributed by atoms with van der Waals surface area (Å²) in [5, 5.41) is 0.649. The minimum atomic E-state index is 0.0490. The molecule has 1 unspecified atom stereocenters. The molecule has 4 rings (SSSR count). The molecule has 1 aliphatic heterocycles. The highest BCUT2D eigenvalue weighted by Crippen LogP contribution is 2.19. The first-order valence-corrected chi connectivity index (χ1v) is 8.69. The Kier molecular flexibility index (Phi) is 4.18. The zero-order chi connectivity index (χ0) is 18.1. The monoisotopic (exact) mass is 345 g/mol. The standard InChI is InChI=1S/C21H19N3O2/c1-14-3-10-20-23-19-11-15(5-9-18(19)21(25)24(20)13-14)4-6-16-7-8-17(26-2)12-22-16/h5,7-9,11-12,14H,3,10,13H2,1-2H3.